The first-order valence-electron chi connectivity index (χ1n) is 7.64. The van der Waals surface area contributed by atoms with Gasteiger partial charge in [-0.25, -0.2) is 0 Å². The molecule has 0 saturated heterocycles. The molecular weight excluding hydrogens is 314 g/mol. The summed E-state index contributed by atoms with van der Waals surface area (Å²) in [5, 5.41) is 7.53. The lowest BCUT2D eigenvalue weighted by Gasteiger charge is -2.15. The fraction of sp³-hybridized carbons (Fsp3) is 0.471. The maximum atomic E-state index is 12.1. The fourth-order valence-electron chi connectivity index (χ4n) is 2.10. The van der Waals surface area contributed by atoms with Crippen molar-refractivity contribution in [1.29, 1.82) is 0 Å². The topological polar surface area (TPSA) is 68.0 Å². The predicted octanol–water partition coefficient (Wildman–Crippen LogP) is 3.83. The van der Waals surface area contributed by atoms with Gasteiger partial charge in [0.05, 0.1) is 6.04 Å². The minimum absolute atomic E-state index is 0.0760. The van der Waals surface area contributed by atoms with Crippen LogP contribution in [0.4, 0.5) is 0 Å². The monoisotopic (exact) mass is 335 g/mol. The number of benzene rings is 1. The van der Waals surface area contributed by atoms with Crippen LogP contribution in [0.25, 0.3) is 0 Å². The van der Waals surface area contributed by atoms with Crippen LogP contribution in [0.15, 0.2) is 28.8 Å². The minimum Gasteiger partial charge on any atom is -0.350 e. The third kappa shape index (κ3) is 4.79. The molecule has 0 bridgehead atoms. The maximum absolute atomic E-state index is 12.1. The Hall–Kier alpha value is -1.88. The van der Waals surface area contributed by atoms with Crippen LogP contribution >= 0.6 is 11.6 Å². The molecule has 1 atom stereocenters. The Bertz CT molecular complexity index is 676. The average Bonchev–Trinajstić information content (AvgIpc) is 2.94. The number of aromatic nitrogens is 2. The largest absolute Gasteiger partial charge is 0.350 e. The van der Waals surface area contributed by atoms with Crippen LogP contribution in [0.3, 0.4) is 0 Å². The summed E-state index contributed by atoms with van der Waals surface area (Å²) in [7, 11) is 0. The van der Waals surface area contributed by atoms with Crippen LogP contribution in [-0.4, -0.2) is 16.0 Å². The molecule has 1 unspecified atom stereocenters. The number of rotatable bonds is 5. The van der Waals surface area contributed by atoms with Crippen molar-refractivity contribution >= 4 is 17.5 Å². The molecule has 5 nitrogen and oxygen atoms in total. The van der Waals surface area contributed by atoms with Crippen LogP contribution in [0.1, 0.15) is 57.4 Å². The first-order chi connectivity index (χ1) is 10.8. The molecule has 0 saturated carbocycles. The van der Waals surface area contributed by atoms with E-state index in [9.17, 15) is 4.79 Å². The van der Waals surface area contributed by atoms with Gasteiger partial charge in [0.1, 0.15) is 0 Å². The molecule has 0 spiro atoms. The van der Waals surface area contributed by atoms with E-state index >= 15 is 0 Å². The van der Waals surface area contributed by atoms with Gasteiger partial charge in [0.2, 0.25) is 11.8 Å². The molecule has 0 fully saturated rings. The van der Waals surface area contributed by atoms with Crippen molar-refractivity contribution in [2.75, 3.05) is 0 Å². The van der Waals surface area contributed by atoms with Crippen molar-refractivity contribution in [2.45, 2.75) is 52.0 Å². The summed E-state index contributed by atoms with van der Waals surface area (Å²) in [5.41, 5.74) is 0.734. The third-order valence-electron chi connectivity index (χ3n) is 3.45. The van der Waals surface area contributed by atoms with Gasteiger partial charge >= 0.3 is 0 Å². The Morgan fingerprint density at radius 2 is 2.04 bits per heavy atom. The standard InChI is InChI=1S/C17H22ClN3O2/c1-11(12-7-5-6-8-13(12)18)19-14(22)9-10-15-20-16(21-23-15)17(2,3)4/h5-8,11H,9-10H2,1-4H3,(H,19,22). The molecular formula is C17H22ClN3O2. The molecule has 1 heterocycles. The number of carbonyl (C=O) groups is 1. The Balaban J connectivity index is 1.88. The van der Waals surface area contributed by atoms with Gasteiger partial charge in [0.15, 0.2) is 5.82 Å². The lowest BCUT2D eigenvalue weighted by atomic mass is 9.96. The number of aryl methyl sites for hydroxylation is 1. The number of carbonyl (C=O) groups excluding carboxylic acids is 1. The molecule has 124 valence electrons. The lowest BCUT2D eigenvalue weighted by molar-refractivity contribution is -0.121. The molecule has 23 heavy (non-hydrogen) atoms. The third-order valence-corrected chi connectivity index (χ3v) is 3.80. The summed E-state index contributed by atoms with van der Waals surface area (Å²) in [6.45, 7) is 7.95. The van der Waals surface area contributed by atoms with Gasteiger partial charge in [-0.15, -0.1) is 0 Å². The molecule has 0 radical (unpaired) electrons. The summed E-state index contributed by atoms with van der Waals surface area (Å²) in [4.78, 5) is 16.4. The highest BCUT2D eigenvalue weighted by Crippen LogP contribution is 2.22. The second-order valence-corrected chi connectivity index (χ2v) is 6.98. The zero-order valence-corrected chi connectivity index (χ0v) is 14.6. The van der Waals surface area contributed by atoms with Crippen molar-refractivity contribution < 1.29 is 9.32 Å². The molecule has 1 aromatic carbocycles. The Morgan fingerprint density at radius 3 is 2.65 bits per heavy atom. The first kappa shape index (κ1) is 17.5. The Labute approximate surface area is 141 Å². The maximum Gasteiger partial charge on any atom is 0.227 e. The van der Waals surface area contributed by atoms with Crippen molar-refractivity contribution in [3.63, 3.8) is 0 Å². The number of hydrogen-bond acceptors (Lipinski definition) is 4. The molecule has 0 aliphatic heterocycles. The minimum atomic E-state index is -0.164. The van der Waals surface area contributed by atoms with Crippen LogP contribution in [0.5, 0.6) is 0 Å². The van der Waals surface area contributed by atoms with Crippen molar-refractivity contribution in [3.8, 4) is 0 Å². The molecule has 1 N–H and O–H groups in total. The van der Waals surface area contributed by atoms with E-state index in [0.717, 1.165) is 5.56 Å². The van der Waals surface area contributed by atoms with E-state index in [4.69, 9.17) is 16.1 Å². The van der Waals surface area contributed by atoms with E-state index in [2.05, 4.69) is 15.5 Å². The quantitative estimate of drug-likeness (QED) is 0.901. The lowest BCUT2D eigenvalue weighted by Crippen LogP contribution is -2.27. The summed E-state index contributed by atoms with van der Waals surface area (Å²) in [6, 6.07) is 7.33. The van der Waals surface area contributed by atoms with Gasteiger partial charge in [0.25, 0.3) is 0 Å². The van der Waals surface area contributed by atoms with Gasteiger partial charge < -0.3 is 9.84 Å². The second-order valence-electron chi connectivity index (χ2n) is 6.57. The predicted molar refractivity (Wildman–Crippen MR) is 89.3 cm³/mol. The van der Waals surface area contributed by atoms with E-state index in [0.29, 0.717) is 29.6 Å². The highest BCUT2D eigenvalue weighted by molar-refractivity contribution is 6.31. The molecule has 0 aliphatic rings. The molecule has 2 aromatic rings. The summed E-state index contributed by atoms with van der Waals surface area (Å²) < 4.78 is 5.19. The highest BCUT2D eigenvalue weighted by Gasteiger charge is 2.21. The van der Waals surface area contributed by atoms with Crippen LogP contribution < -0.4 is 5.32 Å². The summed E-state index contributed by atoms with van der Waals surface area (Å²) in [6.07, 6.45) is 0.713. The molecule has 6 heteroatoms. The summed E-state index contributed by atoms with van der Waals surface area (Å²) >= 11 is 6.14. The first-order valence-corrected chi connectivity index (χ1v) is 8.02. The van der Waals surface area contributed by atoms with E-state index in [1.165, 1.54) is 0 Å². The van der Waals surface area contributed by atoms with Crippen molar-refractivity contribution in [2.24, 2.45) is 0 Å². The van der Waals surface area contributed by atoms with Gasteiger partial charge in [-0.05, 0) is 18.6 Å². The molecule has 2 rings (SSSR count). The van der Waals surface area contributed by atoms with Gasteiger partial charge in [-0.1, -0.05) is 55.7 Å². The molecule has 1 aromatic heterocycles. The Kier molecular flexibility index (Phi) is 5.42. The summed E-state index contributed by atoms with van der Waals surface area (Å²) in [5.74, 6) is 1.06. The number of nitrogens with one attached hydrogen (secondary N) is 1. The number of hydrogen-bond donors (Lipinski definition) is 1. The SMILES string of the molecule is CC(NC(=O)CCc1nc(C(C)(C)C)no1)c1ccccc1Cl. The van der Waals surface area contributed by atoms with E-state index in [1.54, 1.807) is 0 Å². The van der Waals surface area contributed by atoms with Crippen LogP contribution in [0, 0.1) is 0 Å². The van der Waals surface area contributed by atoms with Gasteiger partial charge in [-0.3, -0.25) is 4.79 Å². The number of halogens is 1. The zero-order chi connectivity index (χ0) is 17.0. The van der Waals surface area contributed by atoms with E-state index in [-0.39, 0.29) is 17.4 Å². The fourth-order valence-corrected chi connectivity index (χ4v) is 2.40. The van der Waals surface area contributed by atoms with E-state index < -0.39 is 0 Å². The van der Waals surface area contributed by atoms with Gasteiger partial charge in [-0.2, -0.15) is 4.98 Å². The van der Waals surface area contributed by atoms with Crippen LogP contribution in [0.2, 0.25) is 5.02 Å². The van der Waals surface area contributed by atoms with Crippen molar-refractivity contribution in [1.82, 2.24) is 15.5 Å². The van der Waals surface area contributed by atoms with Crippen LogP contribution in [-0.2, 0) is 16.6 Å². The second kappa shape index (κ2) is 7.13. The Morgan fingerprint density at radius 1 is 1.35 bits per heavy atom. The molecule has 0 aliphatic carbocycles. The van der Waals surface area contributed by atoms with Gasteiger partial charge in [0, 0.05) is 23.3 Å². The van der Waals surface area contributed by atoms with Crippen molar-refractivity contribution in [3.05, 3.63) is 46.6 Å². The zero-order valence-electron chi connectivity index (χ0n) is 13.9. The highest BCUT2D eigenvalue weighted by atomic mass is 35.5. The normalized spacial score (nSPS) is 12.9. The smallest absolute Gasteiger partial charge is 0.227 e. The number of nitrogens with zero attached hydrogens (tertiary/aromatic N) is 2. The molecule has 1 amide bonds. The number of amides is 1. The van der Waals surface area contributed by atoms with E-state index in [1.807, 2.05) is 52.0 Å². The average molecular weight is 336 g/mol.